The number of nitrogens with one attached hydrogen (secondary N) is 1. The van der Waals surface area contributed by atoms with Gasteiger partial charge in [0.25, 0.3) is 0 Å². The normalized spacial score (nSPS) is 18.6. The summed E-state index contributed by atoms with van der Waals surface area (Å²) in [5.41, 5.74) is 0. The van der Waals surface area contributed by atoms with Crippen molar-refractivity contribution in [3.8, 4) is 0 Å². The first-order chi connectivity index (χ1) is 6.79. The van der Waals surface area contributed by atoms with Crippen LogP contribution < -0.4 is 10.2 Å². The Labute approximate surface area is 89.3 Å². The number of nitrogens with zero attached hydrogens (tertiary/aromatic N) is 2. The minimum absolute atomic E-state index is 1.15. The number of piperazine rings is 1. The Morgan fingerprint density at radius 3 is 2.50 bits per heavy atom. The molecule has 2 rings (SSSR count). The number of thiophene rings is 1. The fourth-order valence-corrected chi connectivity index (χ4v) is 2.57. The third-order valence-corrected chi connectivity index (χ3v) is 3.82. The van der Waals surface area contributed by atoms with Crippen molar-refractivity contribution in [1.82, 2.24) is 4.90 Å². The maximum Gasteiger partial charge on any atom is 0.0931 e. The van der Waals surface area contributed by atoms with Gasteiger partial charge in [0.15, 0.2) is 0 Å². The van der Waals surface area contributed by atoms with Gasteiger partial charge in [0.2, 0.25) is 0 Å². The second-order valence-electron chi connectivity index (χ2n) is 3.68. The Balaban J connectivity index is 2.01. The molecule has 0 unspecified atom stereocenters. The lowest BCUT2D eigenvalue weighted by Crippen LogP contribution is -2.44. The Morgan fingerprint density at radius 2 is 1.93 bits per heavy atom. The van der Waals surface area contributed by atoms with Gasteiger partial charge in [-0.15, -0.1) is 11.3 Å². The van der Waals surface area contributed by atoms with Gasteiger partial charge < -0.3 is 15.1 Å². The molecule has 4 heteroatoms. The van der Waals surface area contributed by atoms with Crippen molar-refractivity contribution in [3.63, 3.8) is 0 Å². The maximum atomic E-state index is 3.18. The second kappa shape index (κ2) is 4.19. The van der Waals surface area contributed by atoms with Gasteiger partial charge in [-0.3, -0.25) is 0 Å². The number of hydrogen-bond donors (Lipinski definition) is 1. The van der Waals surface area contributed by atoms with Crippen molar-refractivity contribution in [2.45, 2.75) is 0 Å². The van der Waals surface area contributed by atoms with Crippen LogP contribution in [0, 0.1) is 0 Å². The molecule has 1 aliphatic heterocycles. The van der Waals surface area contributed by atoms with E-state index < -0.39 is 0 Å². The highest BCUT2D eigenvalue weighted by molar-refractivity contribution is 7.19. The average Bonchev–Trinajstić information content (AvgIpc) is 2.67. The third-order valence-electron chi connectivity index (χ3n) is 2.65. The van der Waals surface area contributed by atoms with Gasteiger partial charge in [-0.2, -0.15) is 0 Å². The summed E-state index contributed by atoms with van der Waals surface area (Å²) in [6, 6.07) is 4.36. The van der Waals surface area contributed by atoms with Crippen molar-refractivity contribution >= 4 is 21.3 Å². The molecule has 1 aromatic heterocycles. The smallest absolute Gasteiger partial charge is 0.0931 e. The lowest BCUT2D eigenvalue weighted by atomic mass is 10.3. The molecule has 78 valence electrons. The summed E-state index contributed by atoms with van der Waals surface area (Å²) in [7, 11) is 4.16. The van der Waals surface area contributed by atoms with Crippen LogP contribution in [0.1, 0.15) is 0 Å². The van der Waals surface area contributed by atoms with Crippen molar-refractivity contribution in [2.24, 2.45) is 0 Å². The molecule has 0 aliphatic carbocycles. The van der Waals surface area contributed by atoms with E-state index >= 15 is 0 Å². The minimum atomic E-state index is 1.15. The zero-order valence-electron chi connectivity index (χ0n) is 8.79. The lowest BCUT2D eigenvalue weighted by Gasteiger charge is -2.32. The van der Waals surface area contributed by atoms with Gasteiger partial charge in [0.05, 0.1) is 10.0 Å². The highest BCUT2D eigenvalue weighted by Crippen LogP contribution is 2.29. The van der Waals surface area contributed by atoms with E-state index in [4.69, 9.17) is 0 Å². The Bertz CT molecular complexity index is 289. The molecule has 3 nitrogen and oxygen atoms in total. The molecule has 0 atom stereocenters. The van der Waals surface area contributed by atoms with Crippen LogP contribution >= 0.6 is 11.3 Å². The Morgan fingerprint density at radius 1 is 1.21 bits per heavy atom. The van der Waals surface area contributed by atoms with Crippen LogP contribution in [0.3, 0.4) is 0 Å². The Kier molecular flexibility index (Phi) is 2.93. The van der Waals surface area contributed by atoms with Gasteiger partial charge in [-0.05, 0) is 19.2 Å². The molecule has 0 radical (unpaired) electrons. The predicted octanol–water partition coefficient (Wildman–Crippen LogP) is 1.54. The van der Waals surface area contributed by atoms with E-state index in [1.807, 2.05) is 18.4 Å². The quantitative estimate of drug-likeness (QED) is 0.800. The van der Waals surface area contributed by atoms with Crippen LogP contribution in [-0.2, 0) is 0 Å². The standard InChI is InChI=1S/C10H17N3S/c1-11-9-3-4-10(14-9)13-7-5-12(2)6-8-13/h3-4,11H,5-8H2,1-2H3. The molecule has 1 fully saturated rings. The van der Waals surface area contributed by atoms with E-state index in [1.165, 1.54) is 23.1 Å². The van der Waals surface area contributed by atoms with E-state index in [1.54, 1.807) is 0 Å². The summed E-state index contributed by atoms with van der Waals surface area (Å²) in [5, 5.41) is 5.82. The molecule has 14 heavy (non-hydrogen) atoms. The topological polar surface area (TPSA) is 18.5 Å². The van der Waals surface area contributed by atoms with Crippen LogP contribution in [0.25, 0.3) is 0 Å². The number of anilines is 2. The van der Waals surface area contributed by atoms with Crippen molar-refractivity contribution < 1.29 is 0 Å². The molecule has 1 aromatic rings. The summed E-state index contributed by atoms with van der Waals surface area (Å²) >= 11 is 1.84. The van der Waals surface area contributed by atoms with Crippen molar-refractivity contribution in [2.75, 3.05) is 50.5 Å². The molecule has 0 aromatic carbocycles. The predicted molar refractivity (Wildman–Crippen MR) is 63.6 cm³/mol. The molecule has 1 N–H and O–H groups in total. The SMILES string of the molecule is CNc1ccc(N2CCN(C)CC2)s1. The monoisotopic (exact) mass is 211 g/mol. The molecular formula is C10H17N3S. The van der Waals surface area contributed by atoms with Crippen molar-refractivity contribution in [3.05, 3.63) is 12.1 Å². The van der Waals surface area contributed by atoms with Gasteiger partial charge in [-0.1, -0.05) is 0 Å². The van der Waals surface area contributed by atoms with E-state index in [0.717, 1.165) is 13.1 Å². The van der Waals surface area contributed by atoms with Gasteiger partial charge in [0, 0.05) is 33.2 Å². The largest absolute Gasteiger partial charge is 0.380 e. The fraction of sp³-hybridized carbons (Fsp3) is 0.600. The van der Waals surface area contributed by atoms with Crippen molar-refractivity contribution in [1.29, 1.82) is 0 Å². The number of rotatable bonds is 2. The van der Waals surface area contributed by atoms with Crippen LogP contribution in [0.5, 0.6) is 0 Å². The first kappa shape index (κ1) is 9.80. The highest BCUT2D eigenvalue weighted by Gasteiger charge is 2.15. The fourth-order valence-electron chi connectivity index (χ4n) is 1.66. The molecule has 0 spiro atoms. The first-order valence-electron chi connectivity index (χ1n) is 5.00. The summed E-state index contributed by atoms with van der Waals surface area (Å²) in [6.45, 7) is 4.65. The van der Waals surface area contributed by atoms with E-state index in [2.05, 4.69) is 34.3 Å². The number of likely N-dealkylation sites (N-methyl/N-ethyl adjacent to an activating group) is 1. The second-order valence-corrected chi connectivity index (χ2v) is 4.74. The third kappa shape index (κ3) is 2.01. The van der Waals surface area contributed by atoms with E-state index in [-0.39, 0.29) is 0 Å². The molecule has 0 saturated carbocycles. The average molecular weight is 211 g/mol. The lowest BCUT2D eigenvalue weighted by molar-refractivity contribution is 0.313. The maximum absolute atomic E-state index is 3.18. The van der Waals surface area contributed by atoms with Crippen LogP contribution in [0.15, 0.2) is 12.1 Å². The van der Waals surface area contributed by atoms with Crippen LogP contribution in [0.2, 0.25) is 0 Å². The van der Waals surface area contributed by atoms with Crippen LogP contribution in [-0.4, -0.2) is 45.2 Å². The van der Waals surface area contributed by atoms with Gasteiger partial charge >= 0.3 is 0 Å². The summed E-state index contributed by atoms with van der Waals surface area (Å²) in [6.07, 6.45) is 0. The molecule has 1 aliphatic rings. The molecule has 0 amide bonds. The molecule has 0 bridgehead atoms. The van der Waals surface area contributed by atoms with Gasteiger partial charge in [-0.25, -0.2) is 0 Å². The Hall–Kier alpha value is -0.740. The zero-order chi connectivity index (χ0) is 9.97. The molecule has 2 heterocycles. The molecular weight excluding hydrogens is 194 g/mol. The van der Waals surface area contributed by atoms with E-state index in [0.29, 0.717) is 0 Å². The van der Waals surface area contributed by atoms with Gasteiger partial charge in [0.1, 0.15) is 0 Å². The summed E-state index contributed by atoms with van der Waals surface area (Å²) in [4.78, 5) is 4.84. The zero-order valence-corrected chi connectivity index (χ0v) is 9.60. The van der Waals surface area contributed by atoms with E-state index in [9.17, 15) is 0 Å². The highest BCUT2D eigenvalue weighted by atomic mass is 32.1. The molecule has 1 saturated heterocycles. The first-order valence-corrected chi connectivity index (χ1v) is 5.82. The van der Waals surface area contributed by atoms with Crippen LogP contribution in [0.4, 0.5) is 10.0 Å². The number of hydrogen-bond acceptors (Lipinski definition) is 4. The summed E-state index contributed by atoms with van der Waals surface area (Å²) < 4.78 is 0. The summed E-state index contributed by atoms with van der Waals surface area (Å²) in [5.74, 6) is 0. The minimum Gasteiger partial charge on any atom is -0.380 e.